The van der Waals surface area contributed by atoms with Crippen molar-refractivity contribution in [1.82, 2.24) is 4.90 Å². The number of rotatable bonds is 5. The van der Waals surface area contributed by atoms with Crippen LogP contribution < -0.4 is 5.32 Å². The zero-order valence-corrected chi connectivity index (χ0v) is 20.6. The SMILES string of the molecule is CCOC(=O)Cc1ccc(NC(=O)N2CCc3c(sc4c3CCCC4)C2c2ccc(F)cc2)cc1. The number of aryl methyl sites for hydroxylation is 1. The van der Waals surface area contributed by atoms with Crippen LogP contribution in [-0.4, -0.2) is 30.1 Å². The molecule has 1 unspecified atom stereocenters. The number of nitrogens with one attached hydrogen (secondary N) is 1. The molecule has 5 nitrogen and oxygen atoms in total. The molecule has 2 aliphatic rings. The Balaban J connectivity index is 1.40. The first kappa shape index (κ1) is 23.5. The summed E-state index contributed by atoms with van der Waals surface area (Å²) >= 11 is 1.82. The van der Waals surface area contributed by atoms with Crippen LogP contribution >= 0.6 is 11.3 Å². The molecule has 2 heterocycles. The third kappa shape index (κ3) is 4.96. The molecule has 0 saturated heterocycles. The Morgan fingerprint density at radius 1 is 1.03 bits per heavy atom. The van der Waals surface area contributed by atoms with Gasteiger partial charge in [-0.25, -0.2) is 9.18 Å². The van der Waals surface area contributed by atoms with Crippen LogP contribution in [0.3, 0.4) is 0 Å². The Hall–Kier alpha value is -3.19. The molecule has 0 spiro atoms. The van der Waals surface area contributed by atoms with Crippen LogP contribution in [0, 0.1) is 5.82 Å². The Labute approximate surface area is 208 Å². The average molecular weight is 493 g/mol. The highest BCUT2D eigenvalue weighted by Crippen LogP contribution is 2.45. The monoisotopic (exact) mass is 492 g/mol. The van der Waals surface area contributed by atoms with Crippen molar-refractivity contribution < 1.29 is 18.7 Å². The third-order valence-electron chi connectivity index (χ3n) is 6.78. The fourth-order valence-corrected chi connectivity index (χ4v) is 6.71. The molecule has 7 heteroatoms. The number of hydrogen-bond donors (Lipinski definition) is 1. The lowest BCUT2D eigenvalue weighted by molar-refractivity contribution is -0.142. The van der Waals surface area contributed by atoms with Gasteiger partial charge < -0.3 is 15.0 Å². The number of fused-ring (bicyclic) bond motifs is 3. The van der Waals surface area contributed by atoms with E-state index in [2.05, 4.69) is 5.32 Å². The highest BCUT2D eigenvalue weighted by atomic mass is 32.1. The first-order chi connectivity index (χ1) is 17.0. The van der Waals surface area contributed by atoms with Gasteiger partial charge in [-0.05, 0) is 85.5 Å². The molecular formula is C28H29FN2O3S. The lowest BCUT2D eigenvalue weighted by Gasteiger charge is -2.36. The van der Waals surface area contributed by atoms with Crippen molar-refractivity contribution >= 4 is 29.0 Å². The highest BCUT2D eigenvalue weighted by molar-refractivity contribution is 7.12. The van der Waals surface area contributed by atoms with Gasteiger partial charge in [0.15, 0.2) is 0 Å². The van der Waals surface area contributed by atoms with Gasteiger partial charge in [-0.15, -0.1) is 11.3 Å². The van der Waals surface area contributed by atoms with Gasteiger partial charge in [0, 0.05) is 22.0 Å². The number of esters is 1. The summed E-state index contributed by atoms with van der Waals surface area (Å²) in [7, 11) is 0. The van der Waals surface area contributed by atoms with Crippen LogP contribution in [-0.2, 0) is 35.2 Å². The maximum Gasteiger partial charge on any atom is 0.322 e. The van der Waals surface area contributed by atoms with Crippen molar-refractivity contribution in [2.45, 2.75) is 51.5 Å². The largest absolute Gasteiger partial charge is 0.466 e. The molecule has 0 fully saturated rings. The minimum Gasteiger partial charge on any atom is -0.466 e. The van der Waals surface area contributed by atoms with Crippen molar-refractivity contribution in [3.8, 4) is 0 Å². The predicted octanol–water partition coefficient (Wildman–Crippen LogP) is 6.05. The van der Waals surface area contributed by atoms with Gasteiger partial charge in [0.2, 0.25) is 0 Å². The fourth-order valence-electron chi connectivity index (χ4n) is 5.13. The second-order valence-corrected chi connectivity index (χ2v) is 10.2. The lowest BCUT2D eigenvalue weighted by Crippen LogP contribution is -2.42. The van der Waals surface area contributed by atoms with Crippen LogP contribution in [0.2, 0.25) is 0 Å². The first-order valence-corrected chi connectivity index (χ1v) is 13.1. The Kier molecular flexibility index (Phi) is 6.86. The van der Waals surface area contributed by atoms with E-state index in [1.807, 2.05) is 28.4 Å². The molecule has 5 rings (SSSR count). The van der Waals surface area contributed by atoms with Crippen molar-refractivity contribution in [3.63, 3.8) is 0 Å². The average Bonchev–Trinajstić information content (AvgIpc) is 3.24. The van der Waals surface area contributed by atoms with Crippen molar-refractivity contribution in [2.24, 2.45) is 0 Å². The number of nitrogens with zero attached hydrogens (tertiary/aromatic N) is 1. The van der Waals surface area contributed by atoms with Crippen molar-refractivity contribution in [2.75, 3.05) is 18.5 Å². The molecule has 1 aliphatic carbocycles. The normalized spacial score (nSPS) is 16.9. The molecule has 2 aromatic carbocycles. The molecule has 1 atom stereocenters. The quantitative estimate of drug-likeness (QED) is 0.441. The second kappa shape index (κ2) is 10.2. The third-order valence-corrected chi connectivity index (χ3v) is 8.17. The van der Waals surface area contributed by atoms with Crippen molar-refractivity contribution in [3.05, 3.63) is 86.4 Å². The summed E-state index contributed by atoms with van der Waals surface area (Å²) in [5, 5.41) is 3.02. The van der Waals surface area contributed by atoms with Crippen LogP contribution in [0.4, 0.5) is 14.9 Å². The highest BCUT2D eigenvalue weighted by Gasteiger charge is 2.36. The molecule has 0 saturated carbocycles. The van der Waals surface area contributed by atoms with E-state index in [4.69, 9.17) is 4.74 Å². The number of anilines is 1. The number of benzene rings is 2. The molecule has 2 amide bonds. The smallest absolute Gasteiger partial charge is 0.322 e. The Bertz CT molecular complexity index is 1220. The number of ether oxygens (including phenoxy) is 1. The summed E-state index contributed by atoms with van der Waals surface area (Å²) in [6.45, 7) is 2.74. The number of hydrogen-bond acceptors (Lipinski definition) is 4. The van der Waals surface area contributed by atoms with Crippen LogP contribution in [0.5, 0.6) is 0 Å². The van der Waals surface area contributed by atoms with Crippen LogP contribution in [0.15, 0.2) is 48.5 Å². The van der Waals surface area contributed by atoms with Crippen LogP contribution in [0.25, 0.3) is 0 Å². The number of thiophene rings is 1. The van der Waals surface area contributed by atoms with E-state index >= 15 is 0 Å². The van der Waals surface area contributed by atoms with Gasteiger partial charge in [0.25, 0.3) is 0 Å². The fraction of sp³-hybridized carbons (Fsp3) is 0.357. The maximum absolute atomic E-state index is 13.7. The predicted molar refractivity (Wildman–Crippen MR) is 135 cm³/mol. The van der Waals surface area contributed by atoms with Gasteiger partial charge in [0.05, 0.1) is 19.1 Å². The number of halogens is 1. The summed E-state index contributed by atoms with van der Waals surface area (Å²) in [5.41, 5.74) is 5.30. The number of carbonyl (C=O) groups is 2. The maximum atomic E-state index is 13.7. The molecule has 1 aromatic heterocycles. The van der Waals surface area contributed by atoms with Crippen molar-refractivity contribution in [1.29, 1.82) is 0 Å². The summed E-state index contributed by atoms with van der Waals surface area (Å²) in [6, 6.07) is 13.4. The minimum absolute atomic E-state index is 0.186. The standard InChI is InChI=1S/C28H29FN2O3S/c1-2-34-25(32)17-18-7-13-21(14-8-18)30-28(33)31-16-15-23-22-5-3-4-6-24(22)35-27(23)26(31)19-9-11-20(29)12-10-19/h7-14,26H,2-6,15-17H2,1H3,(H,30,33). The summed E-state index contributed by atoms with van der Waals surface area (Å²) in [4.78, 5) is 29.8. The summed E-state index contributed by atoms with van der Waals surface area (Å²) < 4.78 is 18.7. The van der Waals surface area contributed by atoms with E-state index in [1.54, 1.807) is 31.2 Å². The lowest BCUT2D eigenvalue weighted by atomic mass is 9.88. The summed E-state index contributed by atoms with van der Waals surface area (Å²) in [5.74, 6) is -0.552. The minimum atomic E-state index is -0.283. The van der Waals surface area contributed by atoms with E-state index < -0.39 is 0 Å². The van der Waals surface area contributed by atoms with E-state index in [-0.39, 0.29) is 30.3 Å². The van der Waals surface area contributed by atoms with Gasteiger partial charge in [0.1, 0.15) is 5.82 Å². The van der Waals surface area contributed by atoms with Gasteiger partial charge in [-0.3, -0.25) is 4.79 Å². The summed E-state index contributed by atoms with van der Waals surface area (Å²) in [6.07, 6.45) is 5.68. The van der Waals surface area contributed by atoms with E-state index in [0.717, 1.165) is 30.4 Å². The molecule has 0 bridgehead atoms. The molecule has 1 N–H and O–H groups in total. The van der Waals surface area contributed by atoms with Crippen LogP contribution in [0.1, 0.15) is 57.8 Å². The zero-order valence-electron chi connectivity index (χ0n) is 19.8. The van der Waals surface area contributed by atoms with Gasteiger partial charge >= 0.3 is 12.0 Å². The van der Waals surface area contributed by atoms with Gasteiger partial charge in [-0.1, -0.05) is 24.3 Å². The Morgan fingerprint density at radius 3 is 2.51 bits per heavy atom. The van der Waals surface area contributed by atoms with E-state index in [0.29, 0.717) is 18.8 Å². The molecular weight excluding hydrogens is 463 g/mol. The molecule has 35 heavy (non-hydrogen) atoms. The molecule has 182 valence electrons. The zero-order chi connectivity index (χ0) is 24.4. The first-order valence-electron chi connectivity index (χ1n) is 12.2. The van der Waals surface area contributed by atoms with E-state index in [1.165, 1.54) is 45.9 Å². The number of urea groups is 1. The molecule has 0 radical (unpaired) electrons. The molecule has 3 aromatic rings. The topological polar surface area (TPSA) is 58.6 Å². The second-order valence-electron chi connectivity index (χ2n) is 9.06. The molecule has 1 aliphatic heterocycles. The number of amides is 2. The van der Waals surface area contributed by atoms with E-state index in [9.17, 15) is 14.0 Å². The Morgan fingerprint density at radius 2 is 1.77 bits per heavy atom. The number of carbonyl (C=O) groups excluding carboxylic acids is 2. The van der Waals surface area contributed by atoms with Gasteiger partial charge in [-0.2, -0.15) is 0 Å².